The summed E-state index contributed by atoms with van der Waals surface area (Å²) in [7, 11) is 1.95. The van der Waals surface area contributed by atoms with Gasteiger partial charge < -0.3 is 10.1 Å². The van der Waals surface area contributed by atoms with E-state index in [0.717, 1.165) is 23.0 Å². The molecular weight excluding hydrogens is 346 g/mol. The number of hydrogen-bond donors (Lipinski definition) is 1. The minimum absolute atomic E-state index is 0. The second-order valence-corrected chi connectivity index (χ2v) is 7.52. The Hall–Kier alpha value is -2.59. The Morgan fingerprint density at radius 2 is 2.00 bits per heavy atom. The molecule has 1 aliphatic rings. The molecule has 150 valence electrons. The van der Waals surface area contributed by atoms with E-state index in [-0.39, 0.29) is 13.3 Å². The van der Waals surface area contributed by atoms with Crippen LogP contribution in [-0.4, -0.2) is 16.0 Å². The van der Waals surface area contributed by atoms with E-state index in [4.69, 9.17) is 4.74 Å². The van der Waals surface area contributed by atoms with Crippen LogP contribution in [0.1, 0.15) is 46.2 Å². The van der Waals surface area contributed by atoms with Gasteiger partial charge in [-0.1, -0.05) is 62.2 Å². The quantitative estimate of drug-likeness (QED) is 0.425. The zero-order valence-electron chi connectivity index (χ0n) is 17.6. The average molecular weight is 380 g/mol. The molecule has 1 aliphatic carbocycles. The normalized spacial score (nSPS) is 18.9. The second kappa shape index (κ2) is 8.61. The summed E-state index contributed by atoms with van der Waals surface area (Å²) in [6.07, 6.45) is 8.25. The van der Waals surface area contributed by atoms with Crippen molar-refractivity contribution < 1.29 is 6.16 Å². The van der Waals surface area contributed by atoms with Crippen LogP contribution in [0.5, 0.6) is 0 Å². The van der Waals surface area contributed by atoms with Gasteiger partial charge in [0.15, 0.2) is 0 Å². The predicted molar refractivity (Wildman–Crippen MR) is 120 cm³/mol. The van der Waals surface area contributed by atoms with Gasteiger partial charge in [-0.3, -0.25) is 4.68 Å². The molecule has 2 unspecified atom stereocenters. The van der Waals surface area contributed by atoms with E-state index in [1.165, 1.54) is 17.5 Å². The van der Waals surface area contributed by atoms with Crippen LogP contribution in [0.3, 0.4) is 0 Å². The lowest BCUT2D eigenvalue weighted by atomic mass is 9.81. The molecule has 0 amide bonds. The van der Waals surface area contributed by atoms with Crippen molar-refractivity contribution in [2.45, 2.75) is 52.4 Å². The van der Waals surface area contributed by atoms with Crippen molar-refractivity contribution >= 4 is 16.6 Å². The summed E-state index contributed by atoms with van der Waals surface area (Å²) < 4.78 is 8.30. The second-order valence-electron chi connectivity index (χ2n) is 7.52. The lowest BCUT2D eigenvalue weighted by Crippen LogP contribution is -2.38. The Bertz CT molecular complexity index is 966. The summed E-state index contributed by atoms with van der Waals surface area (Å²) in [6, 6.07) is 14.8. The first-order valence-electron chi connectivity index (χ1n) is 10.1. The molecule has 0 saturated heterocycles. The molecule has 0 saturated carbocycles. The maximum atomic E-state index is 6.42. The standard InChI is InChI=1S/C21H23N3O.C3H8.H2/c1-15-6-4-7-18(12-15)21(10-5-11-21)25-16(2)23-19-8-9-20-17(13-19)14-22-24(20)3;1-3-2;/h4-10,12-14,16,23H,11H2,1-3H3;3H2,1-2H3;1H. The minimum Gasteiger partial charge on any atom is -0.360 e. The van der Waals surface area contributed by atoms with Crippen molar-refractivity contribution in [3.8, 4) is 0 Å². The predicted octanol–water partition coefficient (Wildman–Crippen LogP) is 6.17. The number of aryl methyl sites for hydroxylation is 2. The van der Waals surface area contributed by atoms with E-state index in [1.54, 1.807) is 0 Å². The Morgan fingerprint density at radius 1 is 1.25 bits per heavy atom. The van der Waals surface area contributed by atoms with E-state index < -0.39 is 0 Å². The van der Waals surface area contributed by atoms with Crippen LogP contribution < -0.4 is 5.32 Å². The monoisotopic (exact) mass is 379 g/mol. The van der Waals surface area contributed by atoms with Crippen molar-refractivity contribution in [1.82, 2.24) is 9.78 Å². The van der Waals surface area contributed by atoms with Crippen LogP contribution in [0.25, 0.3) is 10.9 Å². The summed E-state index contributed by atoms with van der Waals surface area (Å²) in [4.78, 5) is 0. The Kier molecular flexibility index (Phi) is 6.20. The molecule has 0 bridgehead atoms. The lowest BCUT2D eigenvalue weighted by Gasteiger charge is -2.39. The molecule has 4 heteroatoms. The van der Waals surface area contributed by atoms with Gasteiger partial charge in [0.25, 0.3) is 0 Å². The van der Waals surface area contributed by atoms with Gasteiger partial charge >= 0.3 is 0 Å². The van der Waals surface area contributed by atoms with Crippen molar-refractivity contribution in [2.24, 2.45) is 7.05 Å². The highest BCUT2D eigenvalue weighted by atomic mass is 16.5. The topological polar surface area (TPSA) is 39.1 Å². The summed E-state index contributed by atoms with van der Waals surface area (Å²) >= 11 is 0. The van der Waals surface area contributed by atoms with E-state index in [0.29, 0.717) is 0 Å². The largest absolute Gasteiger partial charge is 0.360 e. The first-order chi connectivity index (χ1) is 13.5. The molecule has 4 nitrogen and oxygen atoms in total. The fourth-order valence-corrected chi connectivity index (χ4v) is 3.44. The molecule has 0 radical (unpaired) electrons. The molecule has 3 aromatic rings. The maximum Gasteiger partial charge on any atom is 0.126 e. The molecular formula is C24H33N3O. The van der Waals surface area contributed by atoms with E-state index >= 15 is 0 Å². The highest BCUT2D eigenvalue weighted by Crippen LogP contribution is 2.39. The first-order valence-corrected chi connectivity index (χ1v) is 10.1. The molecule has 1 N–H and O–H groups in total. The van der Waals surface area contributed by atoms with Crippen LogP contribution in [0.15, 0.2) is 60.8 Å². The number of aromatic nitrogens is 2. The summed E-state index contributed by atoms with van der Waals surface area (Å²) in [5.41, 5.74) is 4.30. The van der Waals surface area contributed by atoms with E-state index in [1.807, 2.05) is 17.9 Å². The highest BCUT2D eigenvalue weighted by Gasteiger charge is 2.36. The van der Waals surface area contributed by atoms with Crippen LogP contribution in [-0.2, 0) is 17.4 Å². The number of anilines is 1. The van der Waals surface area contributed by atoms with Gasteiger partial charge in [0.2, 0.25) is 0 Å². The van der Waals surface area contributed by atoms with Gasteiger partial charge in [0.05, 0.1) is 11.7 Å². The molecule has 0 spiro atoms. The molecule has 1 heterocycles. The van der Waals surface area contributed by atoms with Crippen LogP contribution in [0, 0.1) is 6.92 Å². The Labute approximate surface area is 169 Å². The highest BCUT2D eigenvalue weighted by molar-refractivity contribution is 5.82. The lowest BCUT2D eigenvalue weighted by molar-refractivity contribution is -0.0568. The van der Waals surface area contributed by atoms with Gasteiger partial charge in [0.1, 0.15) is 11.8 Å². The van der Waals surface area contributed by atoms with Crippen molar-refractivity contribution in [2.75, 3.05) is 5.32 Å². The number of fused-ring (bicyclic) bond motifs is 1. The molecule has 28 heavy (non-hydrogen) atoms. The van der Waals surface area contributed by atoms with Crippen LogP contribution in [0.4, 0.5) is 5.69 Å². The minimum atomic E-state index is -0.323. The molecule has 2 atom stereocenters. The van der Waals surface area contributed by atoms with E-state index in [9.17, 15) is 0 Å². The van der Waals surface area contributed by atoms with Gasteiger partial charge in [-0.05, 0) is 37.6 Å². The van der Waals surface area contributed by atoms with Crippen molar-refractivity contribution in [3.05, 3.63) is 71.9 Å². The molecule has 0 aliphatic heterocycles. The molecule has 4 rings (SSSR count). The smallest absolute Gasteiger partial charge is 0.126 e. The van der Waals surface area contributed by atoms with Gasteiger partial charge in [-0.2, -0.15) is 5.10 Å². The van der Waals surface area contributed by atoms with E-state index in [2.05, 4.69) is 92.7 Å². The number of nitrogens with one attached hydrogen (secondary N) is 1. The number of hydrogen-bond acceptors (Lipinski definition) is 3. The number of benzene rings is 2. The third kappa shape index (κ3) is 4.28. The zero-order chi connectivity index (χ0) is 20.1. The fraction of sp³-hybridized carbons (Fsp3) is 0.375. The summed E-state index contributed by atoms with van der Waals surface area (Å²) in [5, 5.41) is 8.87. The Morgan fingerprint density at radius 3 is 2.64 bits per heavy atom. The summed E-state index contributed by atoms with van der Waals surface area (Å²) in [6.45, 7) is 8.42. The molecule has 1 aromatic heterocycles. The number of ether oxygens (including phenoxy) is 1. The van der Waals surface area contributed by atoms with Gasteiger partial charge in [-0.25, -0.2) is 0 Å². The molecule has 2 aromatic carbocycles. The third-order valence-corrected chi connectivity index (χ3v) is 4.82. The SMILES string of the molecule is CCC.Cc1cccc(C2(OC(C)Nc3ccc4c(cnn4C)c3)C=CC2)c1.[HH]. The fourth-order valence-electron chi connectivity index (χ4n) is 3.44. The van der Waals surface area contributed by atoms with Crippen molar-refractivity contribution in [1.29, 1.82) is 0 Å². The van der Waals surface area contributed by atoms with Crippen molar-refractivity contribution in [3.63, 3.8) is 0 Å². The first kappa shape index (κ1) is 20.2. The zero-order valence-corrected chi connectivity index (χ0v) is 17.6. The number of nitrogens with zero attached hydrogens (tertiary/aromatic N) is 2. The average Bonchev–Trinajstić information content (AvgIpc) is 2.99. The van der Waals surface area contributed by atoms with Gasteiger partial charge in [0, 0.05) is 26.0 Å². The third-order valence-electron chi connectivity index (χ3n) is 4.82. The van der Waals surface area contributed by atoms with Crippen LogP contribution in [0.2, 0.25) is 0 Å². The summed E-state index contributed by atoms with van der Waals surface area (Å²) in [5.74, 6) is 0. The number of rotatable bonds is 5. The Balaban J connectivity index is 0.000000708. The molecule has 0 fully saturated rings. The maximum absolute atomic E-state index is 6.42. The van der Waals surface area contributed by atoms with Gasteiger partial charge in [-0.15, -0.1) is 0 Å². The van der Waals surface area contributed by atoms with Crippen LogP contribution >= 0.6 is 0 Å².